The van der Waals surface area contributed by atoms with E-state index in [0.29, 0.717) is 11.8 Å². The van der Waals surface area contributed by atoms with Crippen molar-refractivity contribution in [3.63, 3.8) is 0 Å². The van der Waals surface area contributed by atoms with E-state index in [1.54, 1.807) is 12.6 Å². The Kier molecular flexibility index (Phi) is 4.73. The Hall–Kier alpha value is -1.88. The smallest absolute Gasteiger partial charge is 0.132 e. The Bertz CT molecular complexity index is 577. The molecule has 3 heterocycles. The Morgan fingerprint density at radius 3 is 2.95 bits per heavy atom. The molecule has 0 amide bonds. The highest BCUT2D eigenvalue weighted by Gasteiger charge is 2.21. The SMILES string of the molecule is CC(C)CN(Cc1ccco1)c1cc([C@H]2CCOC2)ncn1. The van der Waals surface area contributed by atoms with Gasteiger partial charge in [0.05, 0.1) is 25.1 Å². The molecular weight excluding hydrogens is 278 g/mol. The summed E-state index contributed by atoms with van der Waals surface area (Å²) in [5.74, 6) is 2.85. The molecule has 0 radical (unpaired) electrons. The van der Waals surface area contributed by atoms with Crippen molar-refractivity contribution in [2.45, 2.75) is 32.7 Å². The highest BCUT2D eigenvalue weighted by molar-refractivity contribution is 5.40. The summed E-state index contributed by atoms with van der Waals surface area (Å²) in [7, 11) is 0. The number of nitrogens with zero attached hydrogens (tertiary/aromatic N) is 3. The molecule has 2 aromatic heterocycles. The summed E-state index contributed by atoms with van der Waals surface area (Å²) in [6.45, 7) is 7.66. The fraction of sp³-hybridized carbons (Fsp3) is 0.529. The van der Waals surface area contributed by atoms with E-state index in [1.807, 2.05) is 12.1 Å². The van der Waals surface area contributed by atoms with Gasteiger partial charge >= 0.3 is 0 Å². The van der Waals surface area contributed by atoms with Gasteiger partial charge in [0.2, 0.25) is 0 Å². The van der Waals surface area contributed by atoms with Crippen LogP contribution >= 0.6 is 0 Å². The van der Waals surface area contributed by atoms with Crippen LogP contribution in [0.15, 0.2) is 35.2 Å². The van der Waals surface area contributed by atoms with E-state index < -0.39 is 0 Å². The second-order valence-electron chi connectivity index (χ2n) is 6.22. The zero-order valence-electron chi connectivity index (χ0n) is 13.2. The molecule has 1 saturated heterocycles. The van der Waals surface area contributed by atoms with Crippen LogP contribution in [0.25, 0.3) is 0 Å². The molecule has 0 spiro atoms. The summed E-state index contributed by atoms with van der Waals surface area (Å²) in [5.41, 5.74) is 1.08. The molecule has 1 atom stereocenters. The van der Waals surface area contributed by atoms with Gasteiger partial charge < -0.3 is 14.1 Å². The maximum Gasteiger partial charge on any atom is 0.132 e. The van der Waals surface area contributed by atoms with Gasteiger partial charge in [-0.15, -0.1) is 0 Å². The van der Waals surface area contributed by atoms with Gasteiger partial charge in [-0.25, -0.2) is 9.97 Å². The molecule has 3 rings (SSSR count). The second-order valence-corrected chi connectivity index (χ2v) is 6.22. The Morgan fingerprint density at radius 1 is 1.36 bits per heavy atom. The van der Waals surface area contributed by atoms with Gasteiger partial charge in [-0.3, -0.25) is 0 Å². The van der Waals surface area contributed by atoms with E-state index in [9.17, 15) is 0 Å². The predicted octanol–water partition coefficient (Wildman–Crippen LogP) is 3.24. The number of hydrogen-bond acceptors (Lipinski definition) is 5. The first-order valence-corrected chi connectivity index (χ1v) is 7.89. The fourth-order valence-electron chi connectivity index (χ4n) is 2.80. The average Bonchev–Trinajstić information content (AvgIpc) is 3.20. The fourth-order valence-corrected chi connectivity index (χ4v) is 2.80. The zero-order valence-corrected chi connectivity index (χ0v) is 13.2. The normalized spacial score (nSPS) is 18.0. The first kappa shape index (κ1) is 15.0. The standard InChI is InChI=1S/C17H23N3O2/c1-13(2)9-20(10-15-4-3-6-22-15)17-8-16(18-12-19-17)14-5-7-21-11-14/h3-4,6,8,12-14H,5,7,9-11H2,1-2H3/t14-/m0/s1. The summed E-state index contributed by atoms with van der Waals surface area (Å²) in [6, 6.07) is 6.02. The van der Waals surface area contributed by atoms with Gasteiger partial charge in [0, 0.05) is 25.1 Å². The number of rotatable bonds is 6. The van der Waals surface area contributed by atoms with Gasteiger partial charge in [0.25, 0.3) is 0 Å². The summed E-state index contributed by atoms with van der Waals surface area (Å²) < 4.78 is 11.0. The van der Waals surface area contributed by atoms with Gasteiger partial charge in [0.15, 0.2) is 0 Å². The summed E-state index contributed by atoms with van der Waals surface area (Å²) in [5, 5.41) is 0. The average molecular weight is 301 g/mol. The van der Waals surface area contributed by atoms with Crippen molar-refractivity contribution in [2.75, 3.05) is 24.7 Å². The number of aromatic nitrogens is 2. The van der Waals surface area contributed by atoms with Crippen molar-refractivity contribution >= 4 is 5.82 Å². The molecule has 1 aliphatic heterocycles. The van der Waals surface area contributed by atoms with E-state index in [1.165, 1.54) is 0 Å². The molecule has 1 fully saturated rings. The maximum absolute atomic E-state index is 5.49. The second kappa shape index (κ2) is 6.92. The molecule has 0 unspecified atom stereocenters. The molecule has 0 N–H and O–H groups in total. The van der Waals surface area contributed by atoms with Crippen molar-refractivity contribution < 1.29 is 9.15 Å². The van der Waals surface area contributed by atoms with Gasteiger partial charge in [-0.2, -0.15) is 0 Å². The Labute approximate surface area is 131 Å². The van der Waals surface area contributed by atoms with Gasteiger partial charge in [-0.05, 0) is 24.5 Å². The van der Waals surface area contributed by atoms with Crippen LogP contribution in [0, 0.1) is 5.92 Å². The third-order valence-corrected chi connectivity index (χ3v) is 3.86. The van der Waals surface area contributed by atoms with Crippen molar-refractivity contribution in [2.24, 2.45) is 5.92 Å². The van der Waals surface area contributed by atoms with Crippen LogP contribution in [0.1, 0.15) is 37.6 Å². The number of hydrogen-bond donors (Lipinski definition) is 0. The molecule has 1 aliphatic rings. The predicted molar refractivity (Wildman–Crippen MR) is 84.8 cm³/mol. The van der Waals surface area contributed by atoms with E-state index in [0.717, 1.165) is 50.0 Å². The Morgan fingerprint density at radius 2 is 2.27 bits per heavy atom. The summed E-state index contributed by atoms with van der Waals surface area (Å²) >= 11 is 0. The van der Waals surface area contributed by atoms with Crippen molar-refractivity contribution in [1.82, 2.24) is 9.97 Å². The number of ether oxygens (including phenoxy) is 1. The lowest BCUT2D eigenvalue weighted by Crippen LogP contribution is -2.28. The van der Waals surface area contributed by atoms with Crippen LogP contribution in [-0.4, -0.2) is 29.7 Å². The van der Waals surface area contributed by atoms with E-state index in [-0.39, 0.29) is 0 Å². The molecule has 0 bridgehead atoms. The highest BCUT2D eigenvalue weighted by atomic mass is 16.5. The first-order chi connectivity index (χ1) is 10.7. The first-order valence-electron chi connectivity index (χ1n) is 7.89. The molecule has 0 aromatic carbocycles. The molecule has 5 nitrogen and oxygen atoms in total. The van der Waals surface area contributed by atoms with Crippen molar-refractivity contribution in [1.29, 1.82) is 0 Å². The third-order valence-electron chi connectivity index (χ3n) is 3.86. The monoisotopic (exact) mass is 301 g/mol. The van der Waals surface area contributed by atoms with Crippen LogP contribution < -0.4 is 4.90 Å². The lowest BCUT2D eigenvalue weighted by molar-refractivity contribution is 0.193. The van der Waals surface area contributed by atoms with Gasteiger partial charge in [-0.1, -0.05) is 13.8 Å². The molecule has 0 aliphatic carbocycles. The topological polar surface area (TPSA) is 51.4 Å². The van der Waals surface area contributed by atoms with Crippen molar-refractivity contribution in [3.05, 3.63) is 42.2 Å². The summed E-state index contributed by atoms with van der Waals surface area (Å²) in [4.78, 5) is 11.2. The van der Waals surface area contributed by atoms with Gasteiger partial charge in [0.1, 0.15) is 17.9 Å². The largest absolute Gasteiger partial charge is 0.467 e. The van der Waals surface area contributed by atoms with Crippen molar-refractivity contribution in [3.8, 4) is 0 Å². The summed E-state index contributed by atoms with van der Waals surface area (Å²) in [6.07, 6.45) is 4.42. The lowest BCUT2D eigenvalue weighted by Gasteiger charge is -2.25. The quantitative estimate of drug-likeness (QED) is 0.820. The molecule has 5 heteroatoms. The number of furan rings is 1. The Balaban J connectivity index is 1.81. The molecule has 2 aromatic rings. The number of anilines is 1. The minimum atomic E-state index is 0.395. The van der Waals surface area contributed by atoms with Crippen LogP contribution in [0.5, 0.6) is 0 Å². The van der Waals surface area contributed by atoms with Crippen LogP contribution in [0.3, 0.4) is 0 Å². The third kappa shape index (κ3) is 3.65. The van der Waals surface area contributed by atoms with Crippen LogP contribution in [0.2, 0.25) is 0 Å². The molecule has 118 valence electrons. The minimum Gasteiger partial charge on any atom is -0.467 e. The van der Waals surface area contributed by atoms with Crippen LogP contribution in [0.4, 0.5) is 5.82 Å². The van der Waals surface area contributed by atoms with E-state index in [2.05, 4.69) is 34.8 Å². The van der Waals surface area contributed by atoms with E-state index >= 15 is 0 Å². The molecular formula is C17H23N3O2. The minimum absolute atomic E-state index is 0.395. The van der Waals surface area contributed by atoms with Crippen LogP contribution in [-0.2, 0) is 11.3 Å². The van der Waals surface area contributed by atoms with E-state index in [4.69, 9.17) is 9.15 Å². The zero-order chi connectivity index (χ0) is 15.4. The highest BCUT2D eigenvalue weighted by Crippen LogP contribution is 2.26. The molecule has 0 saturated carbocycles. The molecule has 22 heavy (non-hydrogen) atoms. The lowest BCUT2D eigenvalue weighted by atomic mass is 10.0. The maximum atomic E-state index is 5.49.